The van der Waals surface area contributed by atoms with Gasteiger partial charge in [-0.15, -0.1) is 10.2 Å². The summed E-state index contributed by atoms with van der Waals surface area (Å²) in [4.78, 5) is 12.1. The van der Waals surface area contributed by atoms with Gasteiger partial charge >= 0.3 is 0 Å². The number of nitrogens with zero attached hydrogens (tertiary/aromatic N) is 2. The van der Waals surface area contributed by atoms with Gasteiger partial charge in [-0.2, -0.15) is 0 Å². The van der Waals surface area contributed by atoms with Gasteiger partial charge in [-0.3, -0.25) is 4.79 Å². The minimum absolute atomic E-state index is 0.330. The fourth-order valence-electron chi connectivity index (χ4n) is 2.64. The number of amides is 1. The van der Waals surface area contributed by atoms with Gasteiger partial charge < -0.3 is 14.8 Å². The molecular weight excluding hydrogens is 282 g/mol. The molecule has 116 valence electrons. The van der Waals surface area contributed by atoms with Crippen molar-refractivity contribution in [2.45, 2.75) is 44.6 Å². The van der Waals surface area contributed by atoms with Gasteiger partial charge in [-0.05, 0) is 49.9 Å². The highest BCUT2D eigenvalue weighted by Gasteiger charge is 2.38. The molecule has 1 aliphatic carbocycles. The SMILES string of the molecule is CCc1nnc(-c2ccc(NC(=O)C3(O)CCCC3)cc2)o1. The van der Waals surface area contributed by atoms with E-state index in [1.165, 1.54) is 0 Å². The predicted octanol–water partition coefficient (Wildman–Crippen LogP) is 2.54. The van der Waals surface area contributed by atoms with Crippen LogP contribution in [0, 0.1) is 0 Å². The second kappa shape index (κ2) is 5.88. The quantitative estimate of drug-likeness (QED) is 0.906. The van der Waals surface area contributed by atoms with Crippen molar-refractivity contribution in [2.75, 3.05) is 5.32 Å². The largest absolute Gasteiger partial charge is 0.421 e. The molecule has 1 aliphatic rings. The van der Waals surface area contributed by atoms with Gasteiger partial charge in [0.15, 0.2) is 0 Å². The lowest BCUT2D eigenvalue weighted by atomic mass is 10.0. The summed E-state index contributed by atoms with van der Waals surface area (Å²) in [5.74, 6) is 0.726. The highest BCUT2D eigenvalue weighted by molar-refractivity contribution is 5.97. The zero-order chi connectivity index (χ0) is 15.6. The Kier molecular flexibility index (Phi) is 3.94. The molecule has 1 fully saturated rings. The zero-order valence-corrected chi connectivity index (χ0v) is 12.5. The summed E-state index contributed by atoms with van der Waals surface area (Å²) in [6.45, 7) is 1.95. The highest BCUT2D eigenvalue weighted by Crippen LogP contribution is 2.30. The van der Waals surface area contributed by atoms with E-state index in [0.29, 0.717) is 36.7 Å². The summed E-state index contributed by atoms with van der Waals surface area (Å²) in [7, 11) is 0. The molecular formula is C16H19N3O3. The number of anilines is 1. The Balaban J connectivity index is 1.70. The van der Waals surface area contributed by atoms with E-state index in [1.807, 2.05) is 6.92 Å². The third kappa shape index (κ3) is 2.87. The van der Waals surface area contributed by atoms with E-state index in [-0.39, 0.29) is 5.91 Å². The first-order valence-electron chi connectivity index (χ1n) is 7.57. The molecule has 0 bridgehead atoms. The minimum Gasteiger partial charge on any atom is -0.421 e. The molecule has 1 heterocycles. The number of aliphatic hydroxyl groups is 1. The molecule has 0 unspecified atom stereocenters. The van der Waals surface area contributed by atoms with Gasteiger partial charge in [0.05, 0.1) is 0 Å². The van der Waals surface area contributed by atoms with Gasteiger partial charge in [0.2, 0.25) is 11.8 Å². The molecule has 0 spiro atoms. The molecule has 1 saturated carbocycles. The molecule has 0 radical (unpaired) electrons. The van der Waals surface area contributed by atoms with Crippen LogP contribution >= 0.6 is 0 Å². The Bertz CT molecular complexity index is 658. The van der Waals surface area contributed by atoms with Crippen molar-refractivity contribution in [3.05, 3.63) is 30.2 Å². The number of benzene rings is 1. The predicted molar refractivity (Wildman–Crippen MR) is 81.2 cm³/mol. The molecule has 0 aliphatic heterocycles. The van der Waals surface area contributed by atoms with E-state index in [2.05, 4.69) is 15.5 Å². The number of aromatic nitrogens is 2. The monoisotopic (exact) mass is 301 g/mol. The van der Waals surface area contributed by atoms with Gasteiger partial charge in [0.1, 0.15) is 5.60 Å². The van der Waals surface area contributed by atoms with Crippen molar-refractivity contribution >= 4 is 11.6 Å². The fourth-order valence-corrected chi connectivity index (χ4v) is 2.64. The third-order valence-corrected chi connectivity index (χ3v) is 4.01. The van der Waals surface area contributed by atoms with E-state index in [1.54, 1.807) is 24.3 Å². The standard InChI is InChI=1S/C16H19N3O3/c1-2-13-18-19-14(22-13)11-5-7-12(8-6-11)17-15(20)16(21)9-3-4-10-16/h5-8,21H,2-4,9-10H2,1H3,(H,17,20). The number of rotatable bonds is 4. The van der Waals surface area contributed by atoms with Crippen LogP contribution in [0.2, 0.25) is 0 Å². The second-order valence-corrected chi connectivity index (χ2v) is 5.62. The lowest BCUT2D eigenvalue weighted by Crippen LogP contribution is -2.40. The van der Waals surface area contributed by atoms with Gasteiger partial charge in [-0.25, -0.2) is 0 Å². The maximum absolute atomic E-state index is 12.1. The molecule has 1 aromatic heterocycles. The average molecular weight is 301 g/mol. The van der Waals surface area contributed by atoms with Crippen molar-refractivity contribution in [3.8, 4) is 11.5 Å². The van der Waals surface area contributed by atoms with Crippen molar-refractivity contribution in [1.29, 1.82) is 0 Å². The Morgan fingerprint density at radius 1 is 1.27 bits per heavy atom. The lowest BCUT2D eigenvalue weighted by Gasteiger charge is -2.20. The highest BCUT2D eigenvalue weighted by atomic mass is 16.4. The molecule has 3 rings (SSSR count). The Labute approximate surface area is 128 Å². The normalized spacial score (nSPS) is 16.6. The summed E-state index contributed by atoms with van der Waals surface area (Å²) in [6.07, 6.45) is 3.52. The van der Waals surface area contributed by atoms with Crippen molar-refractivity contribution in [3.63, 3.8) is 0 Å². The Hall–Kier alpha value is -2.21. The van der Waals surface area contributed by atoms with Crippen molar-refractivity contribution < 1.29 is 14.3 Å². The smallest absolute Gasteiger partial charge is 0.256 e. The number of carbonyl (C=O) groups is 1. The first-order chi connectivity index (χ1) is 10.6. The Morgan fingerprint density at radius 2 is 1.95 bits per heavy atom. The number of hydrogen-bond acceptors (Lipinski definition) is 5. The van der Waals surface area contributed by atoms with Crippen LogP contribution in [0.4, 0.5) is 5.69 Å². The lowest BCUT2D eigenvalue weighted by molar-refractivity contribution is -0.133. The van der Waals surface area contributed by atoms with Crippen LogP contribution in [-0.2, 0) is 11.2 Å². The van der Waals surface area contributed by atoms with Crippen molar-refractivity contribution in [1.82, 2.24) is 10.2 Å². The van der Waals surface area contributed by atoms with Crippen LogP contribution in [0.25, 0.3) is 11.5 Å². The minimum atomic E-state index is -1.22. The third-order valence-electron chi connectivity index (χ3n) is 4.01. The van der Waals surface area contributed by atoms with Crippen LogP contribution in [0.1, 0.15) is 38.5 Å². The van der Waals surface area contributed by atoms with E-state index < -0.39 is 5.60 Å². The molecule has 6 nitrogen and oxygen atoms in total. The number of hydrogen-bond donors (Lipinski definition) is 2. The molecule has 0 saturated heterocycles. The molecule has 2 N–H and O–H groups in total. The van der Waals surface area contributed by atoms with Crippen LogP contribution < -0.4 is 5.32 Å². The van der Waals surface area contributed by atoms with Crippen LogP contribution in [0.15, 0.2) is 28.7 Å². The number of aryl methyl sites for hydroxylation is 1. The number of nitrogens with one attached hydrogen (secondary N) is 1. The summed E-state index contributed by atoms with van der Waals surface area (Å²) in [5.41, 5.74) is 0.218. The summed E-state index contributed by atoms with van der Waals surface area (Å²) in [5, 5.41) is 20.9. The maximum atomic E-state index is 12.1. The molecule has 22 heavy (non-hydrogen) atoms. The Morgan fingerprint density at radius 3 is 2.55 bits per heavy atom. The molecule has 6 heteroatoms. The fraction of sp³-hybridized carbons (Fsp3) is 0.438. The van der Waals surface area contributed by atoms with Crippen LogP contribution in [0.5, 0.6) is 0 Å². The molecule has 2 aromatic rings. The first kappa shape index (κ1) is 14.7. The molecule has 1 amide bonds. The second-order valence-electron chi connectivity index (χ2n) is 5.62. The molecule has 1 aromatic carbocycles. The van der Waals surface area contributed by atoms with E-state index in [0.717, 1.165) is 18.4 Å². The van der Waals surface area contributed by atoms with Gasteiger partial charge in [0.25, 0.3) is 5.91 Å². The maximum Gasteiger partial charge on any atom is 0.256 e. The first-order valence-corrected chi connectivity index (χ1v) is 7.57. The number of carbonyl (C=O) groups excluding carboxylic acids is 1. The van der Waals surface area contributed by atoms with E-state index >= 15 is 0 Å². The zero-order valence-electron chi connectivity index (χ0n) is 12.5. The molecule has 0 atom stereocenters. The van der Waals surface area contributed by atoms with Crippen molar-refractivity contribution in [2.24, 2.45) is 0 Å². The van der Waals surface area contributed by atoms with Gasteiger partial charge in [0, 0.05) is 17.7 Å². The van der Waals surface area contributed by atoms with Crippen LogP contribution in [0.3, 0.4) is 0 Å². The van der Waals surface area contributed by atoms with E-state index in [4.69, 9.17) is 4.42 Å². The topological polar surface area (TPSA) is 88.2 Å². The van der Waals surface area contributed by atoms with E-state index in [9.17, 15) is 9.90 Å². The van der Waals surface area contributed by atoms with Crippen LogP contribution in [-0.4, -0.2) is 26.8 Å². The van der Waals surface area contributed by atoms with Gasteiger partial charge in [-0.1, -0.05) is 6.92 Å². The summed E-state index contributed by atoms with van der Waals surface area (Å²) < 4.78 is 5.49. The average Bonchev–Trinajstić information content (AvgIpc) is 3.17. The summed E-state index contributed by atoms with van der Waals surface area (Å²) >= 11 is 0. The summed E-state index contributed by atoms with van der Waals surface area (Å²) in [6, 6.07) is 7.14.